The minimum atomic E-state index is -0.153. The van der Waals surface area contributed by atoms with E-state index in [1.165, 1.54) is 0 Å². The maximum atomic E-state index is 12.6. The van der Waals surface area contributed by atoms with Gasteiger partial charge >= 0.3 is 0 Å². The molecule has 26 heavy (non-hydrogen) atoms. The predicted molar refractivity (Wildman–Crippen MR) is 96.0 cm³/mol. The summed E-state index contributed by atoms with van der Waals surface area (Å²) >= 11 is 0. The first-order valence-corrected chi connectivity index (χ1v) is 8.90. The molecule has 1 saturated heterocycles. The number of hydrogen-bond donors (Lipinski definition) is 2. The Hall–Kier alpha value is -2.83. The SMILES string of the molecule is COc1ccc(N2C[C@H](NC(=O)[C@H]3CCc4nc[nH]c4C3)CC2=O)cc1. The van der Waals surface area contributed by atoms with Crippen LogP contribution in [0.1, 0.15) is 24.2 Å². The summed E-state index contributed by atoms with van der Waals surface area (Å²) in [5.74, 6) is 0.744. The van der Waals surface area contributed by atoms with Crippen molar-refractivity contribution in [3.05, 3.63) is 42.0 Å². The molecule has 2 aliphatic rings. The maximum absolute atomic E-state index is 12.6. The lowest BCUT2D eigenvalue weighted by atomic mass is 9.89. The summed E-state index contributed by atoms with van der Waals surface area (Å²) < 4.78 is 5.15. The van der Waals surface area contributed by atoms with Crippen LogP contribution in [0.5, 0.6) is 5.75 Å². The molecule has 136 valence electrons. The van der Waals surface area contributed by atoms with E-state index in [1.807, 2.05) is 24.3 Å². The number of methoxy groups -OCH3 is 1. The lowest BCUT2D eigenvalue weighted by Gasteiger charge is -2.23. The van der Waals surface area contributed by atoms with Crippen LogP contribution in [-0.2, 0) is 22.4 Å². The van der Waals surface area contributed by atoms with E-state index in [2.05, 4.69) is 15.3 Å². The molecule has 2 aromatic rings. The van der Waals surface area contributed by atoms with Crippen molar-refractivity contribution in [2.24, 2.45) is 5.92 Å². The van der Waals surface area contributed by atoms with Gasteiger partial charge in [0.05, 0.1) is 25.2 Å². The molecule has 1 aliphatic heterocycles. The summed E-state index contributed by atoms with van der Waals surface area (Å²) in [5, 5.41) is 3.06. The maximum Gasteiger partial charge on any atom is 0.229 e. The number of amides is 2. The van der Waals surface area contributed by atoms with Gasteiger partial charge in [0.1, 0.15) is 5.75 Å². The van der Waals surface area contributed by atoms with E-state index < -0.39 is 0 Å². The van der Waals surface area contributed by atoms with Gasteiger partial charge in [0.2, 0.25) is 11.8 Å². The fourth-order valence-electron chi connectivity index (χ4n) is 3.76. The van der Waals surface area contributed by atoms with Crippen molar-refractivity contribution in [1.82, 2.24) is 15.3 Å². The quantitative estimate of drug-likeness (QED) is 0.870. The largest absolute Gasteiger partial charge is 0.497 e. The zero-order valence-electron chi connectivity index (χ0n) is 14.7. The number of benzene rings is 1. The summed E-state index contributed by atoms with van der Waals surface area (Å²) in [4.78, 5) is 34.1. The summed E-state index contributed by atoms with van der Waals surface area (Å²) in [6.07, 6.45) is 4.32. The van der Waals surface area contributed by atoms with Crippen molar-refractivity contribution in [1.29, 1.82) is 0 Å². The normalized spacial score (nSPS) is 22.2. The molecular formula is C19H22N4O3. The molecule has 1 aromatic carbocycles. The molecule has 0 radical (unpaired) electrons. The molecule has 0 spiro atoms. The van der Waals surface area contributed by atoms with Crippen LogP contribution in [0.4, 0.5) is 5.69 Å². The number of fused-ring (bicyclic) bond motifs is 1. The Morgan fingerprint density at radius 1 is 1.31 bits per heavy atom. The zero-order valence-corrected chi connectivity index (χ0v) is 14.7. The molecule has 1 fully saturated rings. The van der Waals surface area contributed by atoms with Gasteiger partial charge in [-0.15, -0.1) is 0 Å². The first kappa shape index (κ1) is 16.6. The van der Waals surface area contributed by atoms with Gasteiger partial charge in [-0.3, -0.25) is 9.59 Å². The lowest BCUT2D eigenvalue weighted by Crippen LogP contribution is -2.42. The topological polar surface area (TPSA) is 87.3 Å². The lowest BCUT2D eigenvalue weighted by molar-refractivity contribution is -0.126. The molecule has 4 rings (SSSR count). The van der Waals surface area contributed by atoms with Gasteiger partial charge in [-0.25, -0.2) is 4.98 Å². The molecule has 2 heterocycles. The fraction of sp³-hybridized carbons (Fsp3) is 0.421. The Kier molecular flexibility index (Phi) is 4.36. The molecule has 7 heteroatoms. The van der Waals surface area contributed by atoms with Gasteiger partial charge in [-0.1, -0.05) is 0 Å². The standard InChI is InChI=1S/C19H22N4O3/c1-26-15-5-3-14(4-6-15)23-10-13(9-18(23)24)22-19(25)12-2-7-16-17(8-12)21-11-20-16/h3-6,11-13H,2,7-10H2,1H3,(H,20,21)(H,22,25)/t12-,13+/m0/s1. The number of nitrogens with zero attached hydrogens (tertiary/aromatic N) is 2. The van der Waals surface area contributed by atoms with E-state index in [9.17, 15) is 9.59 Å². The van der Waals surface area contributed by atoms with Gasteiger partial charge in [0.15, 0.2) is 0 Å². The number of H-pyrrole nitrogens is 1. The van der Waals surface area contributed by atoms with E-state index in [-0.39, 0.29) is 23.8 Å². The molecule has 1 aromatic heterocycles. The molecular weight excluding hydrogens is 332 g/mol. The molecule has 0 unspecified atom stereocenters. The molecule has 2 N–H and O–H groups in total. The molecule has 2 atom stereocenters. The van der Waals surface area contributed by atoms with Crippen LogP contribution in [0, 0.1) is 5.92 Å². The van der Waals surface area contributed by atoms with Gasteiger partial charge in [0, 0.05) is 36.7 Å². The van der Waals surface area contributed by atoms with Gasteiger partial charge in [-0.2, -0.15) is 0 Å². The number of aromatic nitrogens is 2. The van der Waals surface area contributed by atoms with E-state index in [4.69, 9.17) is 4.74 Å². The molecule has 0 bridgehead atoms. The Bertz CT molecular complexity index is 814. The third kappa shape index (κ3) is 3.16. The van der Waals surface area contributed by atoms with Crippen LogP contribution < -0.4 is 15.0 Å². The smallest absolute Gasteiger partial charge is 0.229 e. The first-order valence-electron chi connectivity index (χ1n) is 8.90. The van der Waals surface area contributed by atoms with Crippen LogP contribution >= 0.6 is 0 Å². The molecule has 2 amide bonds. The van der Waals surface area contributed by atoms with Crippen LogP contribution in [0.25, 0.3) is 0 Å². The van der Waals surface area contributed by atoms with Crippen LogP contribution in [0.3, 0.4) is 0 Å². The minimum absolute atomic E-state index is 0.0274. The molecule has 1 aliphatic carbocycles. The number of imidazole rings is 1. The van der Waals surface area contributed by atoms with Crippen molar-refractivity contribution in [3.8, 4) is 5.75 Å². The third-order valence-electron chi connectivity index (χ3n) is 5.21. The number of carbonyl (C=O) groups excluding carboxylic acids is 2. The van der Waals surface area contributed by atoms with E-state index in [0.717, 1.165) is 35.7 Å². The summed E-state index contributed by atoms with van der Waals surface area (Å²) in [5.41, 5.74) is 2.95. The molecule has 0 saturated carbocycles. The minimum Gasteiger partial charge on any atom is -0.497 e. The van der Waals surface area contributed by atoms with Crippen molar-refractivity contribution >= 4 is 17.5 Å². The summed E-state index contributed by atoms with van der Waals surface area (Å²) in [7, 11) is 1.61. The Morgan fingerprint density at radius 2 is 2.12 bits per heavy atom. The number of carbonyl (C=O) groups is 2. The fourth-order valence-corrected chi connectivity index (χ4v) is 3.76. The second-order valence-corrected chi connectivity index (χ2v) is 6.88. The monoisotopic (exact) mass is 354 g/mol. The first-order chi connectivity index (χ1) is 12.6. The predicted octanol–water partition coefficient (Wildman–Crippen LogP) is 1.44. The summed E-state index contributed by atoms with van der Waals surface area (Å²) in [6.45, 7) is 0.499. The number of anilines is 1. The summed E-state index contributed by atoms with van der Waals surface area (Å²) in [6, 6.07) is 7.24. The average molecular weight is 354 g/mol. The van der Waals surface area contributed by atoms with Gasteiger partial charge in [-0.05, 0) is 37.1 Å². The highest BCUT2D eigenvalue weighted by atomic mass is 16.5. The van der Waals surface area contributed by atoms with Crippen LogP contribution in [-0.4, -0.2) is 41.5 Å². The Balaban J connectivity index is 1.37. The van der Waals surface area contributed by atoms with Crippen molar-refractivity contribution < 1.29 is 14.3 Å². The number of aromatic amines is 1. The Morgan fingerprint density at radius 3 is 2.88 bits per heavy atom. The second kappa shape index (κ2) is 6.82. The van der Waals surface area contributed by atoms with Crippen molar-refractivity contribution in [2.75, 3.05) is 18.6 Å². The highest BCUT2D eigenvalue weighted by Crippen LogP contribution is 2.26. The average Bonchev–Trinajstić information content (AvgIpc) is 3.27. The number of nitrogens with one attached hydrogen (secondary N) is 2. The zero-order chi connectivity index (χ0) is 18.1. The van der Waals surface area contributed by atoms with Crippen molar-refractivity contribution in [2.45, 2.75) is 31.7 Å². The number of ether oxygens (including phenoxy) is 1. The second-order valence-electron chi connectivity index (χ2n) is 6.88. The van der Waals surface area contributed by atoms with Crippen molar-refractivity contribution in [3.63, 3.8) is 0 Å². The third-order valence-corrected chi connectivity index (χ3v) is 5.21. The number of rotatable bonds is 4. The van der Waals surface area contributed by atoms with Gasteiger partial charge in [0.25, 0.3) is 0 Å². The van der Waals surface area contributed by atoms with Crippen LogP contribution in [0.2, 0.25) is 0 Å². The molecule has 7 nitrogen and oxygen atoms in total. The van der Waals surface area contributed by atoms with E-state index in [1.54, 1.807) is 18.3 Å². The number of hydrogen-bond acceptors (Lipinski definition) is 4. The highest BCUT2D eigenvalue weighted by Gasteiger charge is 2.34. The van der Waals surface area contributed by atoms with E-state index in [0.29, 0.717) is 19.4 Å². The highest BCUT2D eigenvalue weighted by molar-refractivity contribution is 5.97. The van der Waals surface area contributed by atoms with E-state index >= 15 is 0 Å². The van der Waals surface area contributed by atoms with Crippen LogP contribution in [0.15, 0.2) is 30.6 Å². The number of aryl methyl sites for hydroxylation is 1. The van der Waals surface area contributed by atoms with Gasteiger partial charge < -0.3 is 19.9 Å². The Labute approximate surface area is 151 Å².